The molecule has 2 fully saturated rings. The van der Waals surface area contributed by atoms with Crippen molar-refractivity contribution in [1.29, 1.82) is 0 Å². The third-order valence-electron chi connectivity index (χ3n) is 9.96. The van der Waals surface area contributed by atoms with Gasteiger partial charge in [-0.05, 0) is 89.2 Å². The van der Waals surface area contributed by atoms with Crippen LogP contribution in [0.25, 0.3) is 0 Å². The van der Waals surface area contributed by atoms with Crippen molar-refractivity contribution in [3.63, 3.8) is 0 Å². The fraction of sp³-hybridized carbons (Fsp3) is 0.277. The van der Waals surface area contributed by atoms with Crippen LogP contribution in [-0.2, 0) is 70.2 Å². The number of aryl methyl sites for hydroxylation is 2. The van der Waals surface area contributed by atoms with Gasteiger partial charge in [-0.3, -0.25) is 19.2 Å². The minimum absolute atomic E-state index is 0.0435. The van der Waals surface area contributed by atoms with E-state index in [0.717, 1.165) is 27.8 Å². The zero-order valence-electron chi connectivity index (χ0n) is 32.0. The molecule has 298 valence electrons. The first kappa shape index (κ1) is 41.3. The molecule has 2 unspecified atom stereocenters. The molecule has 0 amide bonds. The van der Waals surface area contributed by atoms with Gasteiger partial charge in [0.25, 0.3) is 0 Å². The predicted molar refractivity (Wildman–Crippen MR) is 212 cm³/mol. The van der Waals surface area contributed by atoms with Crippen molar-refractivity contribution in [3.8, 4) is 5.75 Å². The lowest BCUT2D eigenvalue weighted by molar-refractivity contribution is -0.134. The third kappa shape index (κ3) is 11.4. The maximum Gasteiger partial charge on any atom is 0.338 e. The SMILES string of the molecule is C=CC(=O)Cc1ccc(CCC(=O)Cc2ccc(C(=O)O[C@@H]3COC4C3OC[C@H]4OC(=O)c3ccc(OC(=O)CCc4ccc(CC(=O)C=C)cc4)cc3)cc2)cc1. The highest BCUT2D eigenvalue weighted by atomic mass is 16.7. The summed E-state index contributed by atoms with van der Waals surface area (Å²) < 4.78 is 28.6. The summed E-state index contributed by atoms with van der Waals surface area (Å²) in [4.78, 5) is 74.2. The molecule has 0 bridgehead atoms. The molecule has 0 N–H and O–H groups in total. The number of allylic oxidation sites excluding steroid dienone is 2. The molecule has 11 heteroatoms. The lowest BCUT2D eigenvalue weighted by Crippen LogP contribution is -2.36. The first-order chi connectivity index (χ1) is 28.1. The Kier molecular flexibility index (Phi) is 14.1. The van der Waals surface area contributed by atoms with E-state index in [4.69, 9.17) is 23.7 Å². The van der Waals surface area contributed by atoms with Gasteiger partial charge in [0.2, 0.25) is 0 Å². The second-order valence-corrected chi connectivity index (χ2v) is 14.2. The zero-order valence-corrected chi connectivity index (χ0v) is 32.0. The third-order valence-corrected chi connectivity index (χ3v) is 9.96. The quantitative estimate of drug-likeness (QED) is 0.0616. The number of ether oxygens (including phenoxy) is 5. The van der Waals surface area contributed by atoms with Gasteiger partial charge in [0.05, 0.1) is 24.3 Å². The van der Waals surface area contributed by atoms with E-state index in [9.17, 15) is 28.8 Å². The number of Topliss-reactive ketones (excluding diaryl/α,β-unsaturated/α-hetero) is 1. The molecule has 6 rings (SSSR count). The molecule has 2 heterocycles. The first-order valence-electron chi connectivity index (χ1n) is 19.1. The smallest absolute Gasteiger partial charge is 0.338 e. The summed E-state index contributed by atoms with van der Waals surface area (Å²) in [6, 6.07) is 27.8. The van der Waals surface area contributed by atoms with Crippen LogP contribution in [0, 0.1) is 0 Å². The second kappa shape index (κ2) is 19.7. The molecule has 0 spiro atoms. The van der Waals surface area contributed by atoms with Crippen molar-refractivity contribution in [2.75, 3.05) is 13.2 Å². The number of rotatable bonds is 19. The van der Waals surface area contributed by atoms with Crippen LogP contribution in [0.2, 0.25) is 0 Å². The molecular formula is C47H44O11. The molecular weight excluding hydrogens is 741 g/mol. The average Bonchev–Trinajstić information content (AvgIpc) is 3.83. The largest absolute Gasteiger partial charge is 0.453 e. The Morgan fingerprint density at radius 2 is 0.931 bits per heavy atom. The fourth-order valence-electron chi connectivity index (χ4n) is 6.68. The van der Waals surface area contributed by atoms with Gasteiger partial charge in [0, 0.05) is 32.1 Å². The second-order valence-electron chi connectivity index (χ2n) is 14.2. The Hall–Kier alpha value is -6.30. The Morgan fingerprint density at radius 1 is 0.534 bits per heavy atom. The Labute approximate surface area is 336 Å². The molecule has 4 atom stereocenters. The molecule has 4 aromatic rings. The van der Waals surface area contributed by atoms with Crippen molar-refractivity contribution < 1.29 is 52.5 Å². The molecule has 0 radical (unpaired) electrons. The highest BCUT2D eigenvalue weighted by Gasteiger charge is 2.51. The maximum absolute atomic E-state index is 13.0. The van der Waals surface area contributed by atoms with Crippen molar-refractivity contribution >= 4 is 35.3 Å². The fourth-order valence-corrected chi connectivity index (χ4v) is 6.68. The number of carbonyl (C=O) groups excluding carboxylic acids is 6. The lowest BCUT2D eigenvalue weighted by Gasteiger charge is -2.17. The molecule has 58 heavy (non-hydrogen) atoms. The highest BCUT2D eigenvalue weighted by Crippen LogP contribution is 2.32. The van der Waals surface area contributed by atoms with E-state index in [-0.39, 0.29) is 61.1 Å². The summed E-state index contributed by atoms with van der Waals surface area (Å²) in [5.41, 5.74) is 5.05. The van der Waals surface area contributed by atoms with Gasteiger partial charge >= 0.3 is 17.9 Å². The van der Waals surface area contributed by atoms with E-state index >= 15 is 0 Å². The van der Waals surface area contributed by atoms with Crippen LogP contribution in [0.15, 0.2) is 122 Å². The minimum atomic E-state index is -0.723. The van der Waals surface area contributed by atoms with Crippen LogP contribution in [0.3, 0.4) is 0 Å². The monoisotopic (exact) mass is 784 g/mol. The summed E-state index contributed by atoms with van der Waals surface area (Å²) in [6.45, 7) is 7.10. The van der Waals surface area contributed by atoms with E-state index in [1.165, 1.54) is 36.4 Å². The first-order valence-corrected chi connectivity index (χ1v) is 19.1. The molecule has 0 aromatic heterocycles. The minimum Gasteiger partial charge on any atom is -0.453 e. The molecule has 4 aromatic carbocycles. The molecule has 2 saturated heterocycles. The van der Waals surface area contributed by atoms with Gasteiger partial charge in [-0.1, -0.05) is 73.8 Å². The summed E-state index contributed by atoms with van der Waals surface area (Å²) in [7, 11) is 0. The Bertz CT molecular complexity index is 1980. The van der Waals surface area contributed by atoms with Crippen LogP contribution in [0.4, 0.5) is 0 Å². The van der Waals surface area contributed by atoms with E-state index in [1.807, 2.05) is 48.5 Å². The van der Waals surface area contributed by atoms with Gasteiger partial charge in [0.15, 0.2) is 23.8 Å². The predicted octanol–water partition coefficient (Wildman–Crippen LogP) is 6.11. The topological polar surface area (TPSA) is 149 Å². The van der Waals surface area contributed by atoms with E-state index in [0.29, 0.717) is 31.2 Å². The average molecular weight is 785 g/mol. The highest BCUT2D eigenvalue weighted by molar-refractivity contribution is 5.92. The van der Waals surface area contributed by atoms with Crippen LogP contribution in [0.5, 0.6) is 5.75 Å². The normalized spacial score (nSPS) is 18.1. The zero-order chi connectivity index (χ0) is 41.0. The number of fused-ring (bicyclic) bond motifs is 1. The van der Waals surface area contributed by atoms with Crippen LogP contribution >= 0.6 is 0 Å². The Morgan fingerprint density at radius 3 is 1.40 bits per heavy atom. The summed E-state index contributed by atoms with van der Waals surface area (Å²) in [6.07, 6.45) is 2.29. The lowest BCUT2D eigenvalue weighted by atomic mass is 10.00. The summed E-state index contributed by atoms with van der Waals surface area (Å²) in [5, 5.41) is 0. The van der Waals surface area contributed by atoms with Crippen LogP contribution < -0.4 is 4.74 Å². The number of esters is 3. The van der Waals surface area contributed by atoms with E-state index in [2.05, 4.69) is 13.2 Å². The number of hydrogen-bond acceptors (Lipinski definition) is 11. The number of carbonyl (C=O) groups is 6. The van der Waals surface area contributed by atoms with E-state index < -0.39 is 42.3 Å². The molecule has 0 saturated carbocycles. The molecule has 0 aliphatic carbocycles. The van der Waals surface area contributed by atoms with Gasteiger partial charge in [-0.15, -0.1) is 0 Å². The van der Waals surface area contributed by atoms with Gasteiger partial charge in [-0.2, -0.15) is 0 Å². The standard InChI is InChI=1S/C47H44O11/c1-3-37(48)25-32-9-5-30(6-10-32)15-21-39(50)27-34-13-17-35(18-14-34)46(52)57-41-28-54-45-42(29-55-44(41)45)58-47(53)36-19-22-40(23-20-36)56-43(51)24-16-31-7-11-33(12-8-31)26-38(49)4-2/h3-14,17-20,22-23,41-42,44-45H,1-2,15-16,21,24-29H2/t41-,42-,44?,45?/m1/s1. The van der Waals surface area contributed by atoms with Crippen molar-refractivity contribution in [3.05, 3.63) is 161 Å². The maximum atomic E-state index is 13.0. The Balaban J connectivity index is 0.903. The number of benzene rings is 4. The van der Waals surface area contributed by atoms with Crippen LogP contribution in [0.1, 0.15) is 61.4 Å². The van der Waals surface area contributed by atoms with Crippen molar-refractivity contribution in [1.82, 2.24) is 0 Å². The number of ketones is 3. The summed E-state index contributed by atoms with van der Waals surface area (Å²) >= 11 is 0. The van der Waals surface area contributed by atoms with E-state index in [1.54, 1.807) is 24.3 Å². The molecule has 2 aliphatic rings. The van der Waals surface area contributed by atoms with Gasteiger partial charge < -0.3 is 23.7 Å². The van der Waals surface area contributed by atoms with Crippen molar-refractivity contribution in [2.24, 2.45) is 0 Å². The van der Waals surface area contributed by atoms with Crippen molar-refractivity contribution in [2.45, 2.75) is 69.4 Å². The molecule has 11 nitrogen and oxygen atoms in total. The van der Waals surface area contributed by atoms with Crippen LogP contribution in [-0.4, -0.2) is 72.9 Å². The number of hydrogen-bond donors (Lipinski definition) is 0. The van der Waals surface area contributed by atoms with Gasteiger partial charge in [0.1, 0.15) is 23.7 Å². The van der Waals surface area contributed by atoms with Gasteiger partial charge in [-0.25, -0.2) is 9.59 Å². The summed E-state index contributed by atoms with van der Waals surface area (Å²) in [5.74, 6) is -1.37. The molecule has 2 aliphatic heterocycles.